The number of halogens is 2. The Morgan fingerprint density at radius 3 is 2.50 bits per heavy atom. The lowest BCUT2D eigenvalue weighted by atomic mass is 10.2. The fourth-order valence-corrected chi connectivity index (χ4v) is 3.84. The molecule has 1 N–H and O–H groups in total. The molecule has 3 rings (SSSR count). The van der Waals surface area contributed by atoms with Crippen molar-refractivity contribution in [1.82, 2.24) is 10.4 Å². The van der Waals surface area contributed by atoms with E-state index in [4.69, 9.17) is 4.74 Å². The standard InChI is InChI=1S/C20H14Br2N4O4/c21-17-8-14(10-24-25-20(27)15-2-1-7-23-11-15)9-18(22)19(17)30-12-13-3-5-16(6-4-13)26(28)29/h1-11H,12H2,(H,25,27)/b24-10+. The SMILES string of the molecule is O=C(N/N=C/c1cc(Br)c(OCc2ccc([N+](=O)[O-])cc2)c(Br)c1)c1cccnc1. The number of nitro groups is 1. The van der Waals surface area contributed by atoms with Crippen molar-refractivity contribution in [2.45, 2.75) is 6.61 Å². The summed E-state index contributed by atoms with van der Waals surface area (Å²) in [7, 11) is 0. The van der Waals surface area contributed by atoms with Crippen molar-refractivity contribution in [2.24, 2.45) is 5.10 Å². The first-order valence-electron chi connectivity index (χ1n) is 8.52. The van der Waals surface area contributed by atoms with E-state index in [1.807, 2.05) is 0 Å². The minimum absolute atomic E-state index is 0.0281. The Balaban J connectivity index is 1.63. The number of hydrazone groups is 1. The van der Waals surface area contributed by atoms with E-state index in [9.17, 15) is 14.9 Å². The molecule has 0 aliphatic carbocycles. The maximum atomic E-state index is 12.0. The number of rotatable bonds is 7. The number of nitrogens with one attached hydrogen (secondary N) is 1. The van der Waals surface area contributed by atoms with Crippen molar-refractivity contribution in [3.8, 4) is 5.75 Å². The Hall–Kier alpha value is -3.11. The summed E-state index contributed by atoms with van der Waals surface area (Å²) >= 11 is 6.92. The van der Waals surface area contributed by atoms with Crippen molar-refractivity contribution in [2.75, 3.05) is 0 Å². The van der Waals surface area contributed by atoms with Gasteiger partial charge in [-0.3, -0.25) is 19.9 Å². The van der Waals surface area contributed by atoms with Gasteiger partial charge in [0.25, 0.3) is 11.6 Å². The zero-order valence-electron chi connectivity index (χ0n) is 15.3. The predicted molar refractivity (Wildman–Crippen MR) is 119 cm³/mol. The van der Waals surface area contributed by atoms with Crippen LogP contribution in [0.25, 0.3) is 0 Å². The maximum Gasteiger partial charge on any atom is 0.272 e. The summed E-state index contributed by atoms with van der Waals surface area (Å²) in [6.07, 6.45) is 4.54. The van der Waals surface area contributed by atoms with Crippen LogP contribution in [0.3, 0.4) is 0 Å². The predicted octanol–water partition coefficient (Wildman–Crippen LogP) is 4.86. The van der Waals surface area contributed by atoms with Crippen LogP contribution in [0, 0.1) is 10.1 Å². The summed E-state index contributed by atoms with van der Waals surface area (Å²) in [5.74, 6) is 0.213. The van der Waals surface area contributed by atoms with Crippen LogP contribution in [-0.2, 0) is 6.61 Å². The third kappa shape index (κ3) is 5.71. The van der Waals surface area contributed by atoms with Gasteiger partial charge in [0.2, 0.25) is 0 Å². The number of nitro benzene ring substituents is 1. The van der Waals surface area contributed by atoms with Gasteiger partial charge in [0.1, 0.15) is 12.4 Å². The molecule has 1 aromatic heterocycles. The Morgan fingerprint density at radius 2 is 1.90 bits per heavy atom. The molecule has 3 aromatic rings. The number of nitrogens with zero attached hydrogens (tertiary/aromatic N) is 3. The molecule has 0 unspecified atom stereocenters. The molecule has 1 heterocycles. The highest BCUT2D eigenvalue weighted by Crippen LogP contribution is 2.35. The molecular weight excluding hydrogens is 520 g/mol. The lowest BCUT2D eigenvalue weighted by molar-refractivity contribution is -0.384. The summed E-state index contributed by atoms with van der Waals surface area (Å²) in [5, 5.41) is 14.7. The van der Waals surface area contributed by atoms with E-state index >= 15 is 0 Å². The van der Waals surface area contributed by atoms with Crippen molar-refractivity contribution in [1.29, 1.82) is 0 Å². The molecule has 10 heteroatoms. The highest BCUT2D eigenvalue weighted by molar-refractivity contribution is 9.11. The first-order valence-corrected chi connectivity index (χ1v) is 10.1. The van der Waals surface area contributed by atoms with E-state index < -0.39 is 4.92 Å². The molecule has 0 saturated heterocycles. The number of benzene rings is 2. The summed E-state index contributed by atoms with van der Waals surface area (Å²) in [4.78, 5) is 26.1. The quantitative estimate of drug-likeness (QED) is 0.265. The Labute approximate surface area is 188 Å². The number of carbonyl (C=O) groups is 1. The minimum atomic E-state index is -0.447. The number of pyridine rings is 1. The van der Waals surface area contributed by atoms with Gasteiger partial charge in [0.05, 0.1) is 25.6 Å². The first-order chi connectivity index (χ1) is 14.4. The molecule has 1 amide bonds. The summed E-state index contributed by atoms with van der Waals surface area (Å²) < 4.78 is 7.18. The zero-order chi connectivity index (χ0) is 21.5. The van der Waals surface area contributed by atoms with Gasteiger partial charge in [0.15, 0.2) is 0 Å². The molecule has 2 aromatic carbocycles. The summed E-state index contributed by atoms with van der Waals surface area (Å²) in [6.45, 7) is 0.240. The van der Waals surface area contributed by atoms with Crippen molar-refractivity contribution in [3.63, 3.8) is 0 Å². The lowest BCUT2D eigenvalue weighted by Gasteiger charge is -2.11. The topological polar surface area (TPSA) is 107 Å². The fourth-order valence-electron chi connectivity index (χ4n) is 2.39. The number of carbonyl (C=O) groups excluding carboxylic acids is 1. The number of amides is 1. The molecule has 0 fully saturated rings. The average molecular weight is 534 g/mol. The molecule has 8 nitrogen and oxygen atoms in total. The molecule has 152 valence electrons. The third-order valence-electron chi connectivity index (χ3n) is 3.85. The van der Waals surface area contributed by atoms with Gasteiger partial charge in [-0.05, 0) is 79.4 Å². The van der Waals surface area contributed by atoms with Crippen LogP contribution in [0.4, 0.5) is 5.69 Å². The molecule has 0 aliphatic heterocycles. The third-order valence-corrected chi connectivity index (χ3v) is 5.03. The smallest absolute Gasteiger partial charge is 0.272 e. The second kappa shape index (κ2) is 10.1. The van der Waals surface area contributed by atoms with Gasteiger partial charge in [-0.15, -0.1) is 0 Å². The van der Waals surface area contributed by atoms with Crippen molar-refractivity contribution < 1.29 is 14.5 Å². The highest BCUT2D eigenvalue weighted by atomic mass is 79.9. The van der Waals surface area contributed by atoms with Crippen molar-refractivity contribution in [3.05, 3.63) is 96.7 Å². The number of ether oxygens (including phenoxy) is 1. The van der Waals surface area contributed by atoms with E-state index in [1.165, 1.54) is 24.5 Å². The number of aromatic nitrogens is 1. The number of non-ortho nitro benzene ring substituents is 1. The zero-order valence-corrected chi connectivity index (χ0v) is 18.5. The van der Waals surface area contributed by atoms with Gasteiger partial charge in [-0.1, -0.05) is 0 Å². The van der Waals surface area contributed by atoms with Gasteiger partial charge in [-0.2, -0.15) is 5.10 Å². The van der Waals surface area contributed by atoms with E-state index in [0.29, 0.717) is 20.3 Å². The Morgan fingerprint density at radius 1 is 1.20 bits per heavy atom. The van der Waals surface area contributed by atoms with Gasteiger partial charge < -0.3 is 4.74 Å². The molecule has 0 spiro atoms. The molecule has 0 bridgehead atoms. The second-order valence-electron chi connectivity index (χ2n) is 5.97. The molecule has 0 saturated carbocycles. The Bertz CT molecular complexity index is 1070. The molecule has 0 aliphatic rings. The Kier molecular flexibility index (Phi) is 7.26. The lowest BCUT2D eigenvalue weighted by Crippen LogP contribution is -2.17. The molecular formula is C20H14Br2N4O4. The highest BCUT2D eigenvalue weighted by Gasteiger charge is 2.10. The average Bonchev–Trinajstić information content (AvgIpc) is 2.74. The van der Waals surface area contributed by atoms with Crippen LogP contribution in [0.2, 0.25) is 0 Å². The fraction of sp³-hybridized carbons (Fsp3) is 0.0500. The normalized spacial score (nSPS) is 10.7. The number of hydrogen-bond donors (Lipinski definition) is 1. The minimum Gasteiger partial charge on any atom is -0.487 e. The van der Waals surface area contributed by atoms with Gasteiger partial charge >= 0.3 is 0 Å². The number of hydrogen-bond acceptors (Lipinski definition) is 6. The summed E-state index contributed by atoms with van der Waals surface area (Å²) in [6, 6.07) is 13.0. The largest absolute Gasteiger partial charge is 0.487 e. The van der Waals surface area contributed by atoms with Crippen molar-refractivity contribution >= 4 is 49.7 Å². The summed E-state index contributed by atoms with van der Waals surface area (Å²) in [5.41, 5.74) is 4.40. The van der Waals surface area contributed by atoms with Crippen LogP contribution in [-0.4, -0.2) is 22.0 Å². The van der Waals surface area contributed by atoms with E-state index in [2.05, 4.69) is 47.4 Å². The monoisotopic (exact) mass is 532 g/mol. The van der Waals surface area contributed by atoms with E-state index in [1.54, 1.807) is 42.6 Å². The van der Waals surface area contributed by atoms with Crippen LogP contribution in [0.1, 0.15) is 21.5 Å². The maximum absolute atomic E-state index is 12.0. The molecule has 0 radical (unpaired) electrons. The first kappa shape index (κ1) is 21.6. The van der Waals surface area contributed by atoms with Gasteiger partial charge in [-0.25, -0.2) is 5.43 Å². The van der Waals surface area contributed by atoms with E-state index in [-0.39, 0.29) is 18.2 Å². The van der Waals surface area contributed by atoms with E-state index in [0.717, 1.165) is 11.1 Å². The van der Waals surface area contributed by atoms with Crippen LogP contribution in [0.5, 0.6) is 5.75 Å². The van der Waals surface area contributed by atoms with Crippen LogP contribution < -0.4 is 10.2 Å². The second-order valence-corrected chi connectivity index (χ2v) is 7.68. The van der Waals surface area contributed by atoms with Crippen LogP contribution in [0.15, 0.2) is 75.0 Å². The van der Waals surface area contributed by atoms with Crippen LogP contribution >= 0.6 is 31.9 Å². The van der Waals surface area contributed by atoms with Gasteiger partial charge in [0, 0.05) is 24.5 Å². The molecule has 0 atom stereocenters. The molecule has 30 heavy (non-hydrogen) atoms.